The third kappa shape index (κ3) is 5.34. The smallest absolute Gasteiger partial charge is 0.326 e. The standard InChI is InChI=1S/C13H25N3O4/c1-14-8-10-4-3-6-16(9-10)13(19)15-11(12(17)18)5-7-20-2/h10-11,14H,3-9H2,1-2H3,(H,15,19)(H,17,18). The number of carbonyl (C=O) groups excluding carboxylic acids is 1. The molecule has 3 N–H and O–H groups in total. The Morgan fingerprint density at radius 2 is 2.25 bits per heavy atom. The highest BCUT2D eigenvalue weighted by atomic mass is 16.5. The Labute approximate surface area is 119 Å². The maximum Gasteiger partial charge on any atom is 0.326 e. The second-order valence-corrected chi connectivity index (χ2v) is 5.13. The summed E-state index contributed by atoms with van der Waals surface area (Å²) >= 11 is 0. The number of methoxy groups -OCH3 is 1. The summed E-state index contributed by atoms with van der Waals surface area (Å²) in [7, 11) is 3.40. The molecular weight excluding hydrogens is 262 g/mol. The summed E-state index contributed by atoms with van der Waals surface area (Å²) in [6.45, 7) is 2.53. The van der Waals surface area contributed by atoms with E-state index in [1.807, 2.05) is 7.05 Å². The van der Waals surface area contributed by atoms with Gasteiger partial charge in [0.05, 0.1) is 0 Å². The summed E-state index contributed by atoms with van der Waals surface area (Å²) in [5.41, 5.74) is 0. The molecule has 0 radical (unpaired) electrons. The Hall–Kier alpha value is -1.34. The number of amides is 2. The zero-order chi connectivity index (χ0) is 15.0. The van der Waals surface area contributed by atoms with Gasteiger partial charge in [0.25, 0.3) is 0 Å². The van der Waals surface area contributed by atoms with E-state index in [1.54, 1.807) is 4.90 Å². The summed E-state index contributed by atoms with van der Waals surface area (Å²) in [6, 6.07) is -1.19. The summed E-state index contributed by atoms with van der Waals surface area (Å²) < 4.78 is 4.86. The van der Waals surface area contributed by atoms with E-state index in [-0.39, 0.29) is 12.5 Å². The Bertz CT molecular complexity index is 323. The molecule has 0 aliphatic carbocycles. The van der Waals surface area contributed by atoms with Gasteiger partial charge in [-0.25, -0.2) is 9.59 Å². The van der Waals surface area contributed by atoms with Crippen molar-refractivity contribution in [3.05, 3.63) is 0 Å². The Balaban J connectivity index is 2.48. The van der Waals surface area contributed by atoms with Crippen LogP contribution in [0.4, 0.5) is 4.79 Å². The molecule has 2 atom stereocenters. The number of hydrogen-bond donors (Lipinski definition) is 3. The van der Waals surface area contributed by atoms with E-state index < -0.39 is 12.0 Å². The van der Waals surface area contributed by atoms with Gasteiger partial charge in [-0.05, 0) is 32.4 Å². The maximum absolute atomic E-state index is 12.1. The van der Waals surface area contributed by atoms with E-state index in [0.717, 1.165) is 19.4 Å². The van der Waals surface area contributed by atoms with Crippen LogP contribution in [-0.2, 0) is 9.53 Å². The second-order valence-electron chi connectivity index (χ2n) is 5.13. The van der Waals surface area contributed by atoms with Crippen molar-refractivity contribution in [3.63, 3.8) is 0 Å². The Morgan fingerprint density at radius 1 is 1.50 bits per heavy atom. The minimum atomic E-state index is -1.03. The molecule has 0 spiro atoms. The molecule has 1 rings (SSSR count). The van der Waals surface area contributed by atoms with Crippen molar-refractivity contribution in [1.82, 2.24) is 15.5 Å². The number of hydrogen-bond acceptors (Lipinski definition) is 4. The molecule has 1 heterocycles. The summed E-state index contributed by atoms with van der Waals surface area (Å²) in [4.78, 5) is 24.9. The number of rotatable bonds is 7. The van der Waals surface area contributed by atoms with Crippen LogP contribution in [0.5, 0.6) is 0 Å². The molecule has 1 saturated heterocycles. The molecule has 2 unspecified atom stereocenters. The predicted octanol–water partition coefficient (Wildman–Crippen LogP) is 0.117. The number of nitrogens with zero attached hydrogens (tertiary/aromatic N) is 1. The van der Waals surface area contributed by atoms with Gasteiger partial charge >= 0.3 is 12.0 Å². The monoisotopic (exact) mass is 287 g/mol. The van der Waals surface area contributed by atoms with Crippen molar-refractivity contribution in [2.75, 3.05) is 40.4 Å². The number of nitrogens with one attached hydrogen (secondary N) is 2. The number of piperidine rings is 1. The van der Waals surface area contributed by atoms with Crippen molar-refractivity contribution in [2.24, 2.45) is 5.92 Å². The van der Waals surface area contributed by atoms with Crippen LogP contribution < -0.4 is 10.6 Å². The third-order valence-electron chi connectivity index (χ3n) is 3.51. The van der Waals surface area contributed by atoms with Crippen LogP contribution in [-0.4, -0.2) is 68.4 Å². The van der Waals surface area contributed by atoms with Crippen LogP contribution >= 0.6 is 0 Å². The second kappa shape index (κ2) is 8.76. The molecule has 1 fully saturated rings. The van der Waals surface area contributed by atoms with Gasteiger partial charge in [0.15, 0.2) is 0 Å². The van der Waals surface area contributed by atoms with E-state index in [0.29, 0.717) is 25.6 Å². The van der Waals surface area contributed by atoms with Crippen molar-refractivity contribution in [3.8, 4) is 0 Å². The first kappa shape index (κ1) is 16.7. The first-order chi connectivity index (χ1) is 9.58. The fraction of sp³-hybridized carbons (Fsp3) is 0.846. The highest BCUT2D eigenvalue weighted by Gasteiger charge is 2.26. The van der Waals surface area contributed by atoms with Gasteiger partial charge in [0.1, 0.15) is 6.04 Å². The molecule has 0 aromatic carbocycles. The van der Waals surface area contributed by atoms with E-state index in [4.69, 9.17) is 9.84 Å². The number of aliphatic carboxylic acids is 1. The molecule has 116 valence electrons. The normalized spacial score (nSPS) is 20.5. The number of ether oxygens (including phenoxy) is 1. The molecule has 0 aromatic heterocycles. The number of urea groups is 1. The lowest BCUT2D eigenvalue weighted by Crippen LogP contribution is -2.51. The zero-order valence-corrected chi connectivity index (χ0v) is 12.2. The largest absolute Gasteiger partial charge is 0.480 e. The molecule has 7 nitrogen and oxygen atoms in total. The first-order valence-corrected chi connectivity index (χ1v) is 7.00. The fourth-order valence-corrected chi connectivity index (χ4v) is 2.44. The molecule has 2 amide bonds. The molecule has 20 heavy (non-hydrogen) atoms. The van der Waals surface area contributed by atoms with Gasteiger partial charge in [-0.1, -0.05) is 0 Å². The van der Waals surface area contributed by atoms with E-state index >= 15 is 0 Å². The highest BCUT2D eigenvalue weighted by Crippen LogP contribution is 2.15. The van der Waals surface area contributed by atoms with Crippen LogP contribution in [0.1, 0.15) is 19.3 Å². The minimum absolute atomic E-state index is 0.269. The lowest BCUT2D eigenvalue weighted by atomic mass is 9.98. The van der Waals surface area contributed by atoms with Crippen LogP contribution in [0.15, 0.2) is 0 Å². The van der Waals surface area contributed by atoms with Crippen molar-refractivity contribution < 1.29 is 19.4 Å². The molecule has 7 heteroatoms. The van der Waals surface area contributed by atoms with Crippen LogP contribution in [0.3, 0.4) is 0 Å². The third-order valence-corrected chi connectivity index (χ3v) is 3.51. The number of carboxylic acid groups (broad SMARTS) is 1. The quantitative estimate of drug-likeness (QED) is 0.618. The molecule has 1 aliphatic heterocycles. The van der Waals surface area contributed by atoms with Crippen molar-refractivity contribution in [1.29, 1.82) is 0 Å². The van der Waals surface area contributed by atoms with Gasteiger partial charge in [-0.3, -0.25) is 0 Å². The van der Waals surface area contributed by atoms with Crippen molar-refractivity contribution in [2.45, 2.75) is 25.3 Å². The van der Waals surface area contributed by atoms with E-state index in [9.17, 15) is 9.59 Å². The lowest BCUT2D eigenvalue weighted by molar-refractivity contribution is -0.139. The summed E-state index contributed by atoms with van der Waals surface area (Å²) in [5, 5.41) is 14.8. The number of carboxylic acids is 1. The predicted molar refractivity (Wildman–Crippen MR) is 74.7 cm³/mol. The van der Waals surface area contributed by atoms with Crippen LogP contribution in [0.2, 0.25) is 0 Å². The topological polar surface area (TPSA) is 90.9 Å². The van der Waals surface area contributed by atoms with Gasteiger partial charge in [0, 0.05) is 33.2 Å². The minimum Gasteiger partial charge on any atom is -0.480 e. The van der Waals surface area contributed by atoms with Gasteiger partial charge in [-0.15, -0.1) is 0 Å². The summed E-state index contributed by atoms with van der Waals surface area (Å²) in [6.07, 6.45) is 2.32. The fourth-order valence-electron chi connectivity index (χ4n) is 2.44. The van der Waals surface area contributed by atoms with Gasteiger partial charge < -0.3 is 25.4 Å². The average Bonchev–Trinajstić information content (AvgIpc) is 2.43. The number of carbonyl (C=O) groups is 2. The van der Waals surface area contributed by atoms with Crippen LogP contribution in [0.25, 0.3) is 0 Å². The number of likely N-dealkylation sites (tertiary alicyclic amines) is 1. The van der Waals surface area contributed by atoms with Gasteiger partial charge in [-0.2, -0.15) is 0 Å². The average molecular weight is 287 g/mol. The van der Waals surface area contributed by atoms with E-state index in [1.165, 1.54) is 7.11 Å². The first-order valence-electron chi connectivity index (χ1n) is 7.00. The molecule has 0 bridgehead atoms. The SMILES string of the molecule is CNCC1CCCN(C(=O)NC(CCOC)C(=O)O)C1. The van der Waals surface area contributed by atoms with E-state index in [2.05, 4.69) is 10.6 Å². The molecule has 0 aromatic rings. The van der Waals surface area contributed by atoms with Gasteiger partial charge in [0.2, 0.25) is 0 Å². The molecular formula is C13H25N3O4. The maximum atomic E-state index is 12.1. The highest BCUT2D eigenvalue weighted by molar-refractivity contribution is 5.82. The Morgan fingerprint density at radius 3 is 2.85 bits per heavy atom. The Kier molecular flexibility index (Phi) is 7.32. The van der Waals surface area contributed by atoms with Crippen LogP contribution in [0, 0.1) is 5.92 Å². The lowest BCUT2D eigenvalue weighted by Gasteiger charge is -2.33. The molecule has 0 saturated carbocycles. The zero-order valence-electron chi connectivity index (χ0n) is 12.2. The molecule has 1 aliphatic rings. The summed E-state index contributed by atoms with van der Waals surface area (Å²) in [5.74, 6) is -0.596. The van der Waals surface area contributed by atoms with Crippen molar-refractivity contribution >= 4 is 12.0 Å².